The molecule has 4 heteroatoms. The quantitative estimate of drug-likeness (QED) is 0.672. The molecule has 0 amide bonds. The van der Waals surface area contributed by atoms with E-state index in [1.165, 1.54) is 0 Å². The van der Waals surface area contributed by atoms with Gasteiger partial charge in [-0.2, -0.15) is 0 Å². The Kier molecular flexibility index (Phi) is 5.19. The summed E-state index contributed by atoms with van der Waals surface area (Å²) in [7, 11) is 0. The SMILES string of the molecule is Cc1ccc(P(O)(O)(Cl)c2ccc(C)cc2C(C)(C)C)c(C(C)(C)C)c1. The molecule has 144 valence electrons. The van der Waals surface area contributed by atoms with Crippen LogP contribution >= 0.6 is 17.7 Å². The summed E-state index contributed by atoms with van der Waals surface area (Å²) in [6.45, 7) is 16.4. The second-order valence-electron chi connectivity index (χ2n) is 9.46. The summed E-state index contributed by atoms with van der Waals surface area (Å²) in [6, 6.07) is 11.4. The fourth-order valence-electron chi connectivity index (χ4n) is 3.32. The molecule has 0 heterocycles. The third kappa shape index (κ3) is 3.99. The minimum atomic E-state index is -4.84. The first-order valence-corrected chi connectivity index (χ1v) is 12.0. The van der Waals surface area contributed by atoms with E-state index < -0.39 is 6.41 Å². The fourth-order valence-corrected chi connectivity index (χ4v) is 6.80. The first-order valence-electron chi connectivity index (χ1n) is 8.99. The zero-order valence-corrected chi connectivity index (χ0v) is 18.8. The molecular formula is C22H32ClO2P. The van der Waals surface area contributed by atoms with Crippen LogP contribution in [0.5, 0.6) is 0 Å². The zero-order valence-electron chi connectivity index (χ0n) is 17.2. The fraction of sp³-hybridized carbons (Fsp3) is 0.455. The van der Waals surface area contributed by atoms with Crippen LogP contribution in [0.2, 0.25) is 0 Å². The van der Waals surface area contributed by atoms with Crippen LogP contribution in [0.1, 0.15) is 63.8 Å². The van der Waals surface area contributed by atoms with E-state index in [0.29, 0.717) is 10.6 Å². The molecule has 2 aromatic carbocycles. The van der Waals surface area contributed by atoms with Gasteiger partial charge in [-0.05, 0) is 0 Å². The van der Waals surface area contributed by atoms with E-state index in [4.69, 9.17) is 11.2 Å². The molecule has 0 bridgehead atoms. The second-order valence-corrected chi connectivity index (χ2v) is 14.2. The number of aryl methyl sites for hydroxylation is 2. The molecule has 0 aliphatic carbocycles. The van der Waals surface area contributed by atoms with Gasteiger partial charge in [0.05, 0.1) is 0 Å². The summed E-state index contributed by atoms with van der Waals surface area (Å²) in [5, 5.41) is 0.871. The number of benzene rings is 2. The molecule has 0 saturated carbocycles. The van der Waals surface area contributed by atoms with Crippen molar-refractivity contribution in [1.29, 1.82) is 0 Å². The summed E-state index contributed by atoms with van der Waals surface area (Å²) in [6.07, 6.45) is -4.84. The Morgan fingerprint density at radius 3 is 1.27 bits per heavy atom. The summed E-state index contributed by atoms with van der Waals surface area (Å²) >= 11 is 6.81. The van der Waals surface area contributed by atoms with Gasteiger partial charge in [0.15, 0.2) is 0 Å². The van der Waals surface area contributed by atoms with Gasteiger partial charge in [0, 0.05) is 0 Å². The number of rotatable bonds is 2. The van der Waals surface area contributed by atoms with Gasteiger partial charge in [-0.1, -0.05) is 0 Å². The van der Waals surface area contributed by atoms with Crippen LogP contribution in [0.3, 0.4) is 0 Å². The molecule has 0 radical (unpaired) electrons. The van der Waals surface area contributed by atoms with Gasteiger partial charge in [0.25, 0.3) is 0 Å². The van der Waals surface area contributed by atoms with Crippen LogP contribution in [0.25, 0.3) is 0 Å². The first-order chi connectivity index (χ1) is 11.5. The Balaban J connectivity index is 2.90. The standard InChI is InChI=1S/C22H32ClO2P/c1-15-9-11-19(17(13-15)21(3,4)5)26(23,24,25)20-12-10-16(2)14-18(20)22(6,7)8/h9-14,24-25H,1-8H3. The summed E-state index contributed by atoms with van der Waals surface area (Å²) in [5.74, 6) is 0. The molecule has 0 spiro atoms. The molecule has 0 aliphatic rings. The Bertz CT molecular complexity index is 766. The van der Waals surface area contributed by atoms with Gasteiger partial charge < -0.3 is 0 Å². The summed E-state index contributed by atoms with van der Waals surface area (Å²) < 4.78 is 0. The molecular weight excluding hydrogens is 363 g/mol. The van der Waals surface area contributed by atoms with Crippen LogP contribution < -0.4 is 10.6 Å². The number of hydrogen-bond acceptors (Lipinski definition) is 2. The van der Waals surface area contributed by atoms with Gasteiger partial charge in [-0.3, -0.25) is 0 Å². The molecule has 0 atom stereocenters. The average molecular weight is 395 g/mol. The Morgan fingerprint density at radius 1 is 0.692 bits per heavy atom. The molecule has 2 nitrogen and oxygen atoms in total. The third-order valence-corrected chi connectivity index (χ3v) is 8.35. The molecule has 0 unspecified atom stereocenters. The zero-order chi connectivity index (χ0) is 20.2. The van der Waals surface area contributed by atoms with E-state index in [9.17, 15) is 9.79 Å². The van der Waals surface area contributed by atoms with Crippen LogP contribution in [0, 0.1) is 13.8 Å². The van der Waals surface area contributed by atoms with E-state index in [-0.39, 0.29) is 10.8 Å². The summed E-state index contributed by atoms with van der Waals surface area (Å²) in [5.41, 5.74) is 3.35. The van der Waals surface area contributed by atoms with Gasteiger partial charge >= 0.3 is 163 Å². The van der Waals surface area contributed by atoms with Crippen molar-refractivity contribution in [3.63, 3.8) is 0 Å². The van der Waals surface area contributed by atoms with E-state index in [0.717, 1.165) is 22.3 Å². The summed E-state index contributed by atoms with van der Waals surface area (Å²) in [4.78, 5) is 23.3. The Morgan fingerprint density at radius 2 is 1.00 bits per heavy atom. The van der Waals surface area contributed by atoms with Crippen LogP contribution in [0.15, 0.2) is 36.4 Å². The predicted molar refractivity (Wildman–Crippen MR) is 116 cm³/mol. The van der Waals surface area contributed by atoms with Crippen molar-refractivity contribution in [3.05, 3.63) is 58.7 Å². The predicted octanol–water partition coefficient (Wildman–Crippen LogP) is 5.37. The van der Waals surface area contributed by atoms with Gasteiger partial charge in [0.2, 0.25) is 0 Å². The van der Waals surface area contributed by atoms with Crippen molar-refractivity contribution in [2.75, 3.05) is 0 Å². The monoisotopic (exact) mass is 394 g/mol. The molecule has 2 aromatic rings. The Hall–Kier alpha value is -0.920. The first kappa shape index (κ1) is 21.4. The van der Waals surface area contributed by atoms with Crippen molar-refractivity contribution in [2.24, 2.45) is 0 Å². The third-order valence-electron chi connectivity index (χ3n) is 4.77. The van der Waals surface area contributed by atoms with E-state index >= 15 is 0 Å². The molecule has 0 aromatic heterocycles. The van der Waals surface area contributed by atoms with Crippen molar-refractivity contribution >= 4 is 28.3 Å². The molecule has 26 heavy (non-hydrogen) atoms. The van der Waals surface area contributed by atoms with E-state index in [1.54, 1.807) is 12.1 Å². The number of hydrogen-bond donors (Lipinski definition) is 2. The van der Waals surface area contributed by atoms with Gasteiger partial charge in [-0.15, -0.1) is 0 Å². The normalized spacial score (nSPS) is 14.8. The van der Waals surface area contributed by atoms with Crippen molar-refractivity contribution in [1.82, 2.24) is 0 Å². The Labute approximate surface area is 163 Å². The van der Waals surface area contributed by atoms with Crippen molar-refractivity contribution in [3.8, 4) is 0 Å². The minimum absolute atomic E-state index is 0.266. The number of halogens is 1. The van der Waals surface area contributed by atoms with E-state index in [2.05, 4.69) is 41.5 Å². The van der Waals surface area contributed by atoms with Gasteiger partial charge in [0.1, 0.15) is 0 Å². The van der Waals surface area contributed by atoms with Crippen LogP contribution in [-0.4, -0.2) is 9.79 Å². The van der Waals surface area contributed by atoms with Gasteiger partial charge in [-0.25, -0.2) is 0 Å². The van der Waals surface area contributed by atoms with Crippen molar-refractivity contribution < 1.29 is 9.79 Å². The molecule has 0 aliphatic heterocycles. The molecule has 0 saturated heterocycles. The average Bonchev–Trinajstić information content (AvgIpc) is 2.44. The van der Waals surface area contributed by atoms with E-state index in [1.807, 2.05) is 38.1 Å². The molecule has 2 N–H and O–H groups in total. The maximum absolute atomic E-state index is 11.6. The van der Waals surface area contributed by atoms with Crippen LogP contribution in [0.4, 0.5) is 0 Å². The van der Waals surface area contributed by atoms with Crippen molar-refractivity contribution in [2.45, 2.75) is 66.2 Å². The topological polar surface area (TPSA) is 40.5 Å². The molecule has 2 rings (SSSR count). The second kappa shape index (κ2) is 6.31. The molecule has 0 fully saturated rings. The van der Waals surface area contributed by atoms with Crippen LogP contribution in [-0.2, 0) is 10.8 Å². The maximum atomic E-state index is 11.6.